The molecular formula is C28H25BCl2O4. The summed E-state index contributed by atoms with van der Waals surface area (Å²) in [6, 6.07) is 28.5. The van der Waals surface area contributed by atoms with Crippen LogP contribution in [0.2, 0.25) is 10.0 Å². The maximum atomic E-state index is 6.26. The first-order chi connectivity index (χ1) is 17.0. The zero-order valence-electron chi connectivity index (χ0n) is 19.5. The van der Waals surface area contributed by atoms with Gasteiger partial charge < -0.3 is 18.7 Å². The van der Waals surface area contributed by atoms with Gasteiger partial charge in [-0.05, 0) is 72.5 Å². The molecule has 0 spiro atoms. The first kappa shape index (κ1) is 25.0. The second-order valence-corrected chi connectivity index (χ2v) is 8.90. The van der Waals surface area contributed by atoms with Gasteiger partial charge in [0.25, 0.3) is 0 Å². The Bertz CT molecular complexity index is 1200. The van der Waals surface area contributed by atoms with Gasteiger partial charge in [-0.25, -0.2) is 0 Å². The summed E-state index contributed by atoms with van der Waals surface area (Å²) in [5.74, 6) is 1.63. The van der Waals surface area contributed by atoms with Crippen molar-refractivity contribution in [3.8, 4) is 17.2 Å². The van der Waals surface area contributed by atoms with Crippen LogP contribution >= 0.6 is 23.2 Å². The van der Waals surface area contributed by atoms with E-state index >= 15 is 0 Å². The van der Waals surface area contributed by atoms with Gasteiger partial charge in [0.2, 0.25) is 0 Å². The van der Waals surface area contributed by atoms with Crippen LogP contribution in [0.25, 0.3) is 0 Å². The van der Waals surface area contributed by atoms with Gasteiger partial charge in [-0.3, -0.25) is 0 Å². The number of benzene rings is 4. The lowest BCUT2D eigenvalue weighted by molar-refractivity contribution is 0.107. The van der Waals surface area contributed by atoms with Gasteiger partial charge in [0.1, 0.15) is 17.2 Å². The van der Waals surface area contributed by atoms with Crippen molar-refractivity contribution in [1.82, 2.24) is 0 Å². The molecule has 4 aromatic rings. The Balaban J connectivity index is 1.43. The molecule has 0 unspecified atom stereocenters. The fourth-order valence-electron chi connectivity index (χ4n) is 3.22. The lowest BCUT2D eigenvalue weighted by Gasteiger charge is -2.17. The van der Waals surface area contributed by atoms with E-state index in [0.717, 1.165) is 22.3 Å². The minimum Gasteiger partial charge on any atom is -0.490 e. The Labute approximate surface area is 216 Å². The zero-order chi connectivity index (χ0) is 24.6. The topological polar surface area (TPSA) is 36.9 Å². The molecule has 4 aromatic carbocycles. The van der Waals surface area contributed by atoms with Crippen molar-refractivity contribution in [1.29, 1.82) is 0 Å². The van der Waals surface area contributed by atoms with Crippen molar-refractivity contribution in [3.05, 3.63) is 123 Å². The summed E-state index contributed by atoms with van der Waals surface area (Å²) in [5, 5.41) is 1.19. The van der Waals surface area contributed by atoms with Crippen LogP contribution in [0.1, 0.15) is 22.3 Å². The number of aryl methyl sites for hydroxylation is 2. The van der Waals surface area contributed by atoms with Crippen molar-refractivity contribution in [3.63, 3.8) is 0 Å². The van der Waals surface area contributed by atoms with Gasteiger partial charge in [0.15, 0.2) is 0 Å². The maximum Gasteiger partial charge on any atom is 0.864 e. The Morgan fingerprint density at radius 3 is 1.54 bits per heavy atom. The van der Waals surface area contributed by atoms with E-state index in [1.54, 1.807) is 12.1 Å². The van der Waals surface area contributed by atoms with E-state index in [0.29, 0.717) is 40.5 Å². The molecule has 0 radical (unpaired) electrons. The van der Waals surface area contributed by atoms with Crippen LogP contribution in [0.15, 0.2) is 91.0 Å². The normalized spacial score (nSPS) is 10.6. The highest BCUT2D eigenvalue weighted by Crippen LogP contribution is 2.26. The summed E-state index contributed by atoms with van der Waals surface area (Å²) in [6.07, 6.45) is 0. The van der Waals surface area contributed by atoms with Gasteiger partial charge in [0.05, 0.1) is 13.2 Å². The molecule has 0 atom stereocenters. The average Bonchev–Trinajstić information content (AvgIpc) is 2.85. The summed E-state index contributed by atoms with van der Waals surface area (Å²) in [6.45, 7) is 4.91. The van der Waals surface area contributed by atoms with Crippen LogP contribution in [-0.4, -0.2) is 7.32 Å². The highest BCUT2D eigenvalue weighted by molar-refractivity contribution is 6.40. The predicted molar refractivity (Wildman–Crippen MR) is 141 cm³/mol. The molecule has 0 N–H and O–H groups in total. The van der Waals surface area contributed by atoms with Gasteiger partial charge >= 0.3 is 7.32 Å². The standard InChI is InChI=1S/C28H25BCl2O4/c1-20-8-12-25(16-27(20)30)34-29(35-26-13-9-21(2)28(31)17-26)33-24-14-10-23(11-15-24)19-32-18-22-6-4-3-5-7-22/h3-17H,18-19H2,1-2H3. The van der Waals surface area contributed by atoms with Gasteiger partial charge in [-0.15, -0.1) is 0 Å². The Hall–Kier alpha value is -3.12. The highest BCUT2D eigenvalue weighted by Gasteiger charge is 2.30. The van der Waals surface area contributed by atoms with E-state index in [2.05, 4.69) is 0 Å². The Morgan fingerprint density at radius 1 is 0.571 bits per heavy atom. The lowest BCUT2D eigenvalue weighted by Crippen LogP contribution is -2.37. The average molecular weight is 507 g/mol. The fourth-order valence-corrected chi connectivity index (χ4v) is 3.57. The van der Waals surface area contributed by atoms with Gasteiger partial charge in [0, 0.05) is 10.0 Å². The molecular weight excluding hydrogens is 482 g/mol. The second kappa shape index (κ2) is 12.0. The molecule has 0 aliphatic heterocycles. The molecule has 0 aliphatic rings. The molecule has 4 rings (SSSR count). The van der Waals surface area contributed by atoms with E-state index in [-0.39, 0.29) is 0 Å². The Morgan fingerprint density at radius 2 is 1.03 bits per heavy atom. The molecule has 4 nitrogen and oxygen atoms in total. The smallest absolute Gasteiger partial charge is 0.490 e. The van der Waals surface area contributed by atoms with Crippen LogP contribution in [-0.2, 0) is 18.0 Å². The summed E-state index contributed by atoms with van der Waals surface area (Å²) in [5.41, 5.74) is 4.07. The number of ether oxygens (including phenoxy) is 1. The van der Waals surface area contributed by atoms with Crippen molar-refractivity contribution in [2.45, 2.75) is 27.1 Å². The van der Waals surface area contributed by atoms with Crippen molar-refractivity contribution in [2.75, 3.05) is 0 Å². The predicted octanol–water partition coefficient (Wildman–Crippen LogP) is 7.85. The SMILES string of the molecule is Cc1ccc(OB(Oc2ccc(COCc3ccccc3)cc2)Oc2ccc(C)c(Cl)c2)cc1Cl. The molecule has 0 saturated heterocycles. The van der Waals surface area contributed by atoms with Crippen LogP contribution < -0.4 is 14.0 Å². The van der Waals surface area contributed by atoms with E-state index in [4.69, 9.17) is 41.9 Å². The van der Waals surface area contributed by atoms with Crippen molar-refractivity contribution < 1.29 is 18.7 Å². The second-order valence-electron chi connectivity index (χ2n) is 8.09. The van der Waals surface area contributed by atoms with Crippen molar-refractivity contribution >= 4 is 30.5 Å². The van der Waals surface area contributed by atoms with E-state index in [1.165, 1.54) is 0 Å². The molecule has 0 fully saturated rings. The minimum absolute atomic E-state index is 0.495. The third-order valence-electron chi connectivity index (χ3n) is 5.29. The monoisotopic (exact) mass is 506 g/mol. The first-order valence-corrected chi connectivity index (χ1v) is 11.9. The van der Waals surface area contributed by atoms with Crippen LogP contribution in [0.5, 0.6) is 17.2 Å². The van der Waals surface area contributed by atoms with Crippen LogP contribution in [0.4, 0.5) is 0 Å². The maximum absolute atomic E-state index is 6.26. The molecule has 35 heavy (non-hydrogen) atoms. The van der Waals surface area contributed by atoms with E-state index in [9.17, 15) is 0 Å². The summed E-state index contributed by atoms with van der Waals surface area (Å²) >= 11 is 12.5. The molecule has 0 aromatic heterocycles. The summed E-state index contributed by atoms with van der Waals surface area (Å²) in [4.78, 5) is 0. The number of hydrogen-bond acceptors (Lipinski definition) is 4. The molecule has 0 bridgehead atoms. The molecule has 0 heterocycles. The van der Waals surface area contributed by atoms with Crippen molar-refractivity contribution in [2.24, 2.45) is 0 Å². The fraction of sp³-hybridized carbons (Fsp3) is 0.143. The summed E-state index contributed by atoms with van der Waals surface area (Å²) in [7, 11) is -1.06. The number of rotatable bonds is 10. The van der Waals surface area contributed by atoms with E-state index < -0.39 is 7.32 Å². The van der Waals surface area contributed by atoms with Crippen LogP contribution in [0, 0.1) is 13.8 Å². The quantitative estimate of drug-likeness (QED) is 0.205. The highest BCUT2D eigenvalue weighted by atomic mass is 35.5. The molecule has 0 aliphatic carbocycles. The Kier molecular flexibility index (Phi) is 8.59. The minimum atomic E-state index is -1.06. The molecule has 178 valence electrons. The summed E-state index contributed by atoms with van der Waals surface area (Å²) < 4.78 is 23.8. The largest absolute Gasteiger partial charge is 0.864 e. The van der Waals surface area contributed by atoms with Gasteiger partial charge in [-0.1, -0.05) is 77.8 Å². The number of halogens is 2. The molecule has 0 saturated carbocycles. The number of hydrogen-bond donors (Lipinski definition) is 0. The zero-order valence-corrected chi connectivity index (χ0v) is 21.1. The molecule has 0 amide bonds. The third-order valence-corrected chi connectivity index (χ3v) is 6.10. The van der Waals surface area contributed by atoms with Crippen LogP contribution in [0.3, 0.4) is 0 Å². The lowest BCUT2D eigenvalue weighted by atomic mass is 10.1. The van der Waals surface area contributed by atoms with E-state index in [1.807, 2.05) is 92.7 Å². The first-order valence-electron chi connectivity index (χ1n) is 11.2. The van der Waals surface area contributed by atoms with Gasteiger partial charge in [-0.2, -0.15) is 0 Å². The molecule has 7 heteroatoms. The third kappa shape index (κ3) is 7.43.